The number of nitrogens with one attached hydrogen (secondary N) is 1. The van der Waals surface area contributed by atoms with Crippen LogP contribution in [-0.2, 0) is 27.3 Å². The van der Waals surface area contributed by atoms with Gasteiger partial charge in [0, 0.05) is 57.5 Å². The van der Waals surface area contributed by atoms with Gasteiger partial charge in [0.15, 0.2) is 0 Å². The number of sulfonamides is 1. The van der Waals surface area contributed by atoms with Gasteiger partial charge in [0.25, 0.3) is 0 Å². The summed E-state index contributed by atoms with van der Waals surface area (Å²) in [4.78, 5) is 8.80. The van der Waals surface area contributed by atoms with Gasteiger partial charge in [-0.2, -0.15) is 19.8 Å². The first kappa shape index (κ1) is 22.5. The molecule has 2 aliphatic heterocycles. The minimum Gasteiger partial charge on any atom is -0.381 e. The number of ether oxygens (including phenoxy) is 1. The van der Waals surface area contributed by atoms with Crippen molar-refractivity contribution in [1.29, 1.82) is 5.26 Å². The fourth-order valence-corrected chi connectivity index (χ4v) is 6.42. The van der Waals surface area contributed by atoms with Gasteiger partial charge in [-0.15, -0.1) is 0 Å². The average molecular weight is 484 g/mol. The fourth-order valence-electron chi connectivity index (χ4n) is 4.37. The normalized spacial score (nSPS) is 18.8. The van der Waals surface area contributed by atoms with Gasteiger partial charge in [-0.25, -0.2) is 18.4 Å². The molecule has 0 aromatic carbocycles. The number of aryl methyl sites for hydroxylation is 1. The Labute approximate surface area is 197 Å². The molecule has 12 nitrogen and oxygen atoms in total. The van der Waals surface area contributed by atoms with Gasteiger partial charge in [0.1, 0.15) is 5.54 Å². The summed E-state index contributed by atoms with van der Waals surface area (Å²) >= 11 is 0. The lowest BCUT2D eigenvalue weighted by Crippen LogP contribution is -2.65. The molecule has 0 aliphatic carbocycles. The van der Waals surface area contributed by atoms with Crippen molar-refractivity contribution in [2.75, 3.05) is 31.6 Å². The van der Waals surface area contributed by atoms with Crippen LogP contribution in [0.1, 0.15) is 19.3 Å². The molecule has 0 saturated carbocycles. The van der Waals surface area contributed by atoms with E-state index in [-0.39, 0.29) is 19.5 Å². The standard InChI is InChI=1S/C21H25N9O3S/c1-28-13-17(11-24-28)26-20-23-7-2-19(27-20)16-10-25-30(12-16)21(5-6-22)14-29(15-21)34(31,32)18-3-8-33-9-4-18/h2,7,10-13,18H,3-5,8-9,14-15H2,1H3,(H,23,26,27). The summed E-state index contributed by atoms with van der Waals surface area (Å²) < 4.78 is 36.2. The van der Waals surface area contributed by atoms with Crippen molar-refractivity contribution >= 4 is 21.7 Å². The highest BCUT2D eigenvalue weighted by Crippen LogP contribution is 2.37. The lowest BCUT2D eigenvalue weighted by atomic mass is 9.89. The lowest BCUT2D eigenvalue weighted by Gasteiger charge is -2.49. The number of hydrogen-bond donors (Lipinski definition) is 1. The van der Waals surface area contributed by atoms with Crippen LogP contribution in [0.25, 0.3) is 11.3 Å². The van der Waals surface area contributed by atoms with E-state index in [0.717, 1.165) is 11.3 Å². The minimum atomic E-state index is -3.43. The fraction of sp³-hybridized carbons (Fsp3) is 0.476. The highest BCUT2D eigenvalue weighted by molar-refractivity contribution is 7.89. The number of nitriles is 1. The Bertz CT molecular complexity index is 1310. The molecule has 3 aromatic rings. The van der Waals surface area contributed by atoms with Crippen LogP contribution < -0.4 is 5.32 Å². The van der Waals surface area contributed by atoms with Crippen LogP contribution in [0.4, 0.5) is 11.6 Å². The summed E-state index contributed by atoms with van der Waals surface area (Å²) in [6, 6.07) is 3.98. The highest BCUT2D eigenvalue weighted by Gasteiger charge is 2.52. The summed E-state index contributed by atoms with van der Waals surface area (Å²) in [5.41, 5.74) is 1.48. The van der Waals surface area contributed by atoms with E-state index in [2.05, 4.69) is 31.6 Å². The smallest absolute Gasteiger partial charge is 0.227 e. The number of nitrogens with zero attached hydrogens (tertiary/aromatic N) is 8. The van der Waals surface area contributed by atoms with Gasteiger partial charge < -0.3 is 10.1 Å². The Balaban J connectivity index is 1.34. The third-order valence-electron chi connectivity index (χ3n) is 6.28. The van der Waals surface area contributed by atoms with Crippen molar-refractivity contribution in [3.63, 3.8) is 0 Å². The number of aromatic nitrogens is 6. The van der Waals surface area contributed by atoms with Crippen molar-refractivity contribution in [3.8, 4) is 17.3 Å². The molecule has 178 valence electrons. The van der Waals surface area contributed by atoms with Gasteiger partial charge in [0.05, 0.1) is 41.5 Å². The van der Waals surface area contributed by atoms with E-state index in [0.29, 0.717) is 37.7 Å². The molecule has 34 heavy (non-hydrogen) atoms. The molecule has 13 heteroatoms. The van der Waals surface area contributed by atoms with Crippen LogP contribution in [0, 0.1) is 11.3 Å². The average Bonchev–Trinajstić information content (AvgIpc) is 3.46. The van der Waals surface area contributed by atoms with Crippen molar-refractivity contribution in [2.24, 2.45) is 7.05 Å². The van der Waals surface area contributed by atoms with Crippen molar-refractivity contribution in [2.45, 2.75) is 30.1 Å². The molecule has 1 N–H and O–H groups in total. The maximum Gasteiger partial charge on any atom is 0.227 e. The summed E-state index contributed by atoms with van der Waals surface area (Å²) in [6.07, 6.45) is 9.78. The SMILES string of the molecule is Cn1cc(Nc2nccc(-c3cnn(C4(CC#N)CN(S(=O)(=O)C5CCOCC5)C4)c3)n2)cn1. The zero-order chi connectivity index (χ0) is 23.8. The summed E-state index contributed by atoms with van der Waals surface area (Å²) in [6.45, 7) is 1.36. The summed E-state index contributed by atoms with van der Waals surface area (Å²) in [5, 5.41) is 20.7. The molecule has 0 atom stereocenters. The lowest BCUT2D eigenvalue weighted by molar-refractivity contribution is 0.0647. The summed E-state index contributed by atoms with van der Waals surface area (Å²) in [7, 11) is -1.61. The molecule has 3 aromatic heterocycles. The molecule has 5 heterocycles. The monoisotopic (exact) mass is 483 g/mol. The predicted octanol–water partition coefficient (Wildman–Crippen LogP) is 1.25. The van der Waals surface area contributed by atoms with E-state index in [1.807, 2.05) is 19.4 Å². The molecule has 0 amide bonds. The molecular weight excluding hydrogens is 458 g/mol. The largest absolute Gasteiger partial charge is 0.381 e. The number of anilines is 2. The number of rotatable bonds is 7. The molecule has 5 rings (SSSR count). The zero-order valence-corrected chi connectivity index (χ0v) is 19.5. The van der Waals surface area contributed by atoms with E-state index < -0.39 is 20.8 Å². The Kier molecular flexibility index (Phi) is 5.80. The first-order chi connectivity index (χ1) is 16.4. The molecule has 0 bridgehead atoms. The third-order valence-corrected chi connectivity index (χ3v) is 8.57. The molecule has 2 fully saturated rings. The van der Waals surface area contributed by atoms with Crippen molar-refractivity contribution in [1.82, 2.24) is 33.8 Å². The van der Waals surface area contributed by atoms with Gasteiger partial charge in [-0.05, 0) is 18.9 Å². The van der Waals surface area contributed by atoms with Crippen LogP contribution in [0.5, 0.6) is 0 Å². The maximum atomic E-state index is 13.0. The second kappa shape index (κ2) is 8.79. The first-order valence-corrected chi connectivity index (χ1v) is 12.5. The summed E-state index contributed by atoms with van der Waals surface area (Å²) in [5.74, 6) is 0.419. The van der Waals surface area contributed by atoms with Crippen LogP contribution in [0.2, 0.25) is 0 Å². The van der Waals surface area contributed by atoms with Crippen LogP contribution in [-0.4, -0.2) is 73.8 Å². The molecule has 0 radical (unpaired) electrons. The topological polar surface area (TPSA) is 144 Å². The third kappa shape index (κ3) is 4.15. The zero-order valence-electron chi connectivity index (χ0n) is 18.7. The second-order valence-corrected chi connectivity index (χ2v) is 10.9. The van der Waals surface area contributed by atoms with E-state index >= 15 is 0 Å². The van der Waals surface area contributed by atoms with Gasteiger partial charge in [-0.3, -0.25) is 9.36 Å². The Morgan fingerprint density at radius 2 is 2.03 bits per heavy atom. The van der Waals surface area contributed by atoms with Gasteiger partial charge >= 0.3 is 0 Å². The number of hydrogen-bond acceptors (Lipinski definition) is 9. The molecule has 0 spiro atoms. The maximum absolute atomic E-state index is 13.0. The molecule has 2 saturated heterocycles. The quantitative estimate of drug-likeness (QED) is 0.525. The highest BCUT2D eigenvalue weighted by atomic mass is 32.2. The molecular formula is C21H25N9O3S. The first-order valence-electron chi connectivity index (χ1n) is 11.0. The van der Waals surface area contributed by atoms with E-state index in [1.165, 1.54) is 4.31 Å². The van der Waals surface area contributed by atoms with Crippen LogP contribution >= 0.6 is 0 Å². The van der Waals surface area contributed by atoms with Crippen LogP contribution in [0.3, 0.4) is 0 Å². The molecule has 0 unspecified atom stereocenters. The second-order valence-electron chi connectivity index (χ2n) is 8.65. The Morgan fingerprint density at radius 1 is 1.24 bits per heavy atom. The Hall–Kier alpha value is -3.34. The van der Waals surface area contributed by atoms with Crippen molar-refractivity contribution in [3.05, 3.63) is 37.1 Å². The van der Waals surface area contributed by atoms with E-state index in [1.54, 1.807) is 34.0 Å². The van der Waals surface area contributed by atoms with Crippen molar-refractivity contribution < 1.29 is 13.2 Å². The Morgan fingerprint density at radius 3 is 2.74 bits per heavy atom. The van der Waals surface area contributed by atoms with Crippen LogP contribution in [0.15, 0.2) is 37.1 Å². The van der Waals surface area contributed by atoms with Gasteiger partial charge in [-0.1, -0.05) is 0 Å². The van der Waals surface area contributed by atoms with E-state index in [4.69, 9.17) is 4.74 Å². The molecule has 2 aliphatic rings. The van der Waals surface area contributed by atoms with E-state index in [9.17, 15) is 13.7 Å². The van der Waals surface area contributed by atoms with Gasteiger partial charge in [0.2, 0.25) is 16.0 Å². The predicted molar refractivity (Wildman–Crippen MR) is 122 cm³/mol. The minimum absolute atomic E-state index is 0.158.